The van der Waals surface area contributed by atoms with Crippen LogP contribution in [0.25, 0.3) is 0 Å². The summed E-state index contributed by atoms with van der Waals surface area (Å²) in [6, 6.07) is 5.27. The summed E-state index contributed by atoms with van der Waals surface area (Å²) in [5, 5.41) is 56.7. The number of anilines is 1. The van der Waals surface area contributed by atoms with E-state index in [0.29, 0.717) is 6.42 Å². The van der Waals surface area contributed by atoms with Crippen LogP contribution < -0.4 is 5.32 Å². The summed E-state index contributed by atoms with van der Waals surface area (Å²) in [6.07, 6.45) is 0.760. The summed E-state index contributed by atoms with van der Waals surface area (Å²) >= 11 is 0. The van der Waals surface area contributed by atoms with Crippen molar-refractivity contribution in [2.24, 2.45) is 0 Å². The number of hydrogen-bond acceptors (Lipinski definition) is 10. The second-order valence-electron chi connectivity index (χ2n) is 7.11. The molecule has 0 amide bonds. The number of rotatable bonds is 13. The highest BCUT2D eigenvalue weighted by Crippen LogP contribution is 2.35. The number of nitrogens with one attached hydrogen (secondary N) is 1. The first-order valence-electron chi connectivity index (χ1n) is 9.86. The van der Waals surface area contributed by atoms with Crippen LogP contribution in [0.2, 0.25) is 0 Å². The number of unbranched alkanes of at least 4 members (excludes halogenated alkanes) is 2. The van der Waals surface area contributed by atoms with Gasteiger partial charge in [-0.15, -0.1) is 0 Å². The molecule has 2 N–H and O–H groups in total. The molecule has 0 radical (unpaired) electrons. The van der Waals surface area contributed by atoms with Crippen molar-refractivity contribution < 1.29 is 29.6 Å². The van der Waals surface area contributed by atoms with Gasteiger partial charge < -0.3 is 10.4 Å². The van der Waals surface area contributed by atoms with Crippen LogP contribution >= 0.6 is 0 Å². The molecule has 15 nitrogen and oxygen atoms in total. The fraction of sp³-hybridized carbons (Fsp3) is 0.316. The lowest BCUT2D eigenvalue weighted by molar-refractivity contribution is -0.395. The Morgan fingerprint density at radius 2 is 1.21 bits per heavy atom. The normalized spacial score (nSPS) is 11.4. The lowest BCUT2D eigenvalue weighted by Gasteiger charge is -2.15. The average molecular weight is 477 g/mol. The Labute approximate surface area is 190 Å². The minimum Gasteiger partial charge on any atom is -0.480 e. The largest absolute Gasteiger partial charge is 0.480 e. The van der Waals surface area contributed by atoms with Crippen LogP contribution in [-0.4, -0.2) is 36.8 Å². The number of aliphatic carboxylic acids is 1. The fourth-order valence-electron chi connectivity index (χ4n) is 3.40. The molecule has 0 saturated heterocycles. The number of para-hydroxylation sites is 1. The van der Waals surface area contributed by atoms with E-state index in [1.54, 1.807) is 0 Å². The summed E-state index contributed by atoms with van der Waals surface area (Å²) in [6.45, 7) is 0. The van der Waals surface area contributed by atoms with Crippen LogP contribution in [0.3, 0.4) is 0 Å². The van der Waals surface area contributed by atoms with Gasteiger partial charge in [-0.2, -0.15) is 0 Å². The highest BCUT2D eigenvalue weighted by atomic mass is 16.6. The number of benzene rings is 2. The maximum absolute atomic E-state index is 11.6. The smallest absolute Gasteiger partial charge is 0.326 e. The molecule has 180 valence electrons. The highest BCUT2D eigenvalue weighted by molar-refractivity contribution is 5.82. The van der Waals surface area contributed by atoms with Gasteiger partial charge in [0, 0.05) is 24.3 Å². The summed E-state index contributed by atoms with van der Waals surface area (Å²) in [5.74, 6) is -1.39. The van der Waals surface area contributed by atoms with Crippen molar-refractivity contribution >= 4 is 34.4 Å². The zero-order valence-corrected chi connectivity index (χ0v) is 17.5. The van der Waals surface area contributed by atoms with E-state index >= 15 is 0 Å². The molecule has 0 aliphatic carbocycles. The van der Waals surface area contributed by atoms with Gasteiger partial charge in [-0.1, -0.05) is 12.8 Å². The van der Waals surface area contributed by atoms with Gasteiger partial charge in [0.2, 0.25) is 0 Å². The van der Waals surface area contributed by atoms with Crippen molar-refractivity contribution in [1.82, 2.24) is 0 Å². The van der Waals surface area contributed by atoms with Crippen LogP contribution in [0.15, 0.2) is 36.4 Å². The van der Waals surface area contributed by atoms with Crippen molar-refractivity contribution in [2.45, 2.75) is 38.1 Å². The highest BCUT2D eigenvalue weighted by Gasteiger charge is 2.29. The first-order valence-corrected chi connectivity index (χ1v) is 9.86. The first kappa shape index (κ1) is 25.6. The Balaban J connectivity index is 2.08. The van der Waals surface area contributed by atoms with Gasteiger partial charge in [-0.3, -0.25) is 40.5 Å². The van der Waals surface area contributed by atoms with Crippen LogP contribution in [-0.2, 0) is 11.2 Å². The van der Waals surface area contributed by atoms with E-state index in [4.69, 9.17) is 0 Å². The third kappa shape index (κ3) is 6.18. The summed E-state index contributed by atoms with van der Waals surface area (Å²) in [7, 11) is 0. The van der Waals surface area contributed by atoms with Gasteiger partial charge in [-0.05, 0) is 31.4 Å². The Morgan fingerprint density at radius 3 is 1.62 bits per heavy atom. The average Bonchev–Trinajstić information content (AvgIpc) is 2.77. The first-order chi connectivity index (χ1) is 16.0. The molecular formula is C19H19N5O10. The number of nitro groups is 4. The van der Waals surface area contributed by atoms with Crippen LogP contribution in [0.5, 0.6) is 0 Å². The van der Waals surface area contributed by atoms with E-state index in [2.05, 4.69) is 5.32 Å². The molecule has 1 atom stereocenters. The Kier molecular flexibility index (Phi) is 8.47. The number of hydrogen-bond donors (Lipinski definition) is 2. The summed E-state index contributed by atoms with van der Waals surface area (Å²) < 4.78 is 0. The molecule has 0 saturated carbocycles. The topological polar surface area (TPSA) is 222 Å². The molecule has 0 aliphatic heterocycles. The number of nitrogens with zero attached hydrogens (tertiary/aromatic N) is 4. The minimum atomic E-state index is -1.39. The van der Waals surface area contributed by atoms with E-state index in [1.807, 2.05) is 0 Å². The number of carboxylic acid groups (broad SMARTS) is 1. The molecule has 34 heavy (non-hydrogen) atoms. The van der Waals surface area contributed by atoms with Crippen LogP contribution in [0, 0.1) is 40.5 Å². The maximum atomic E-state index is 11.6. The molecule has 0 aliphatic rings. The lowest BCUT2D eigenvalue weighted by atomic mass is 10.0. The van der Waals surface area contributed by atoms with Gasteiger partial charge >= 0.3 is 5.97 Å². The molecular weight excluding hydrogens is 458 g/mol. The van der Waals surface area contributed by atoms with E-state index in [1.165, 1.54) is 6.07 Å². The molecule has 0 spiro atoms. The Hall–Kier alpha value is -4.69. The van der Waals surface area contributed by atoms with E-state index in [0.717, 1.165) is 30.3 Å². The number of carbonyl (C=O) groups is 1. The predicted octanol–water partition coefficient (Wildman–Crippen LogP) is 3.99. The molecule has 15 heteroatoms. The zero-order valence-electron chi connectivity index (χ0n) is 17.5. The van der Waals surface area contributed by atoms with Gasteiger partial charge in [0.05, 0.1) is 19.7 Å². The third-order valence-corrected chi connectivity index (χ3v) is 4.97. The van der Waals surface area contributed by atoms with Crippen molar-refractivity contribution in [3.8, 4) is 0 Å². The fourth-order valence-corrected chi connectivity index (χ4v) is 3.40. The monoisotopic (exact) mass is 477 g/mol. The molecule has 2 aromatic rings. The quantitative estimate of drug-likeness (QED) is 0.238. The number of nitro benzene ring substituents is 4. The van der Waals surface area contributed by atoms with Gasteiger partial charge in [0.15, 0.2) is 5.69 Å². The van der Waals surface area contributed by atoms with Gasteiger partial charge in [-0.25, -0.2) is 4.79 Å². The minimum absolute atomic E-state index is 0.00820. The summed E-state index contributed by atoms with van der Waals surface area (Å²) in [4.78, 5) is 53.3. The molecule has 0 fully saturated rings. The van der Waals surface area contributed by atoms with E-state index in [-0.39, 0.29) is 42.6 Å². The van der Waals surface area contributed by atoms with Crippen molar-refractivity contribution in [3.63, 3.8) is 0 Å². The van der Waals surface area contributed by atoms with E-state index < -0.39 is 48.8 Å². The van der Waals surface area contributed by atoms with E-state index in [9.17, 15) is 50.4 Å². The Bertz CT molecular complexity index is 1070. The third-order valence-electron chi connectivity index (χ3n) is 4.97. The molecule has 0 heterocycles. The summed E-state index contributed by atoms with van der Waals surface area (Å²) in [5.41, 5.74) is -2.64. The van der Waals surface area contributed by atoms with Crippen LogP contribution in [0.1, 0.15) is 31.2 Å². The van der Waals surface area contributed by atoms with Gasteiger partial charge in [0.25, 0.3) is 22.7 Å². The lowest BCUT2D eigenvalue weighted by Crippen LogP contribution is -2.29. The Morgan fingerprint density at radius 1 is 0.765 bits per heavy atom. The number of carboxylic acids is 1. The van der Waals surface area contributed by atoms with Crippen molar-refractivity contribution in [1.29, 1.82) is 0 Å². The molecule has 0 unspecified atom stereocenters. The van der Waals surface area contributed by atoms with Crippen molar-refractivity contribution in [3.05, 3.63) is 82.4 Å². The predicted molar refractivity (Wildman–Crippen MR) is 117 cm³/mol. The SMILES string of the molecule is O=C(O)[C@H](CCCCCc1c([N+](=O)[O-])cccc1[N+](=O)[O-])Nc1c([N+](=O)[O-])cccc1[N+](=O)[O-]. The maximum Gasteiger partial charge on any atom is 0.326 e. The molecule has 2 rings (SSSR count). The molecule has 2 aromatic carbocycles. The molecule has 0 bridgehead atoms. The van der Waals surface area contributed by atoms with Crippen LogP contribution in [0.4, 0.5) is 28.4 Å². The van der Waals surface area contributed by atoms with Crippen molar-refractivity contribution in [2.75, 3.05) is 5.32 Å². The second kappa shape index (κ2) is 11.3. The van der Waals surface area contributed by atoms with Gasteiger partial charge in [0.1, 0.15) is 11.6 Å². The second-order valence-corrected chi connectivity index (χ2v) is 7.11. The standard InChI is InChI=1S/C19H19N5O10/c25-19(26)13(20-18-16(23(31)32)10-5-11-17(18)24(33)34)7-3-1-2-6-12-14(21(27)28)8-4-9-15(12)22(29)30/h4-5,8-11,13,20H,1-3,6-7H2,(H,25,26)/t13-/m0/s1. The zero-order chi connectivity index (χ0) is 25.4. The molecule has 0 aromatic heterocycles.